The number of amides is 4. The van der Waals surface area contributed by atoms with E-state index in [9.17, 15) is 24.3 Å². The zero-order valence-electron chi connectivity index (χ0n) is 35.7. The summed E-state index contributed by atoms with van der Waals surface area (Å²) in [6.07, 6.45) is 5.00. The molecule has 2 fully saturated rings. The molecule has 2 saturated heterocycles. The molecule has 3 unspecified atom stereocenters. The Morgan fingerprint density at radius 3 is 2.03 bits per heavy atom. The van der Waals surface area contributed by atoms with E-state index in [0.29, 0.717) is 24.7 Å². The van der Waals surface area contributed by atoms with E-state index in [1.54, 1.807) is 11.1 Å². The number of H-pyrrole nitrogens is 2. The topological polar surface area (TPSA) is 186 Å². The second kappa shape index (κ2) is 16.6. The molecule has 15 heteroatoms. The smallest absolute Gasteiger partial charge is 0.407 e. The molecule has 4 N–H and O–H groups in total. The molecule has 3 aromatic carbocycles. The lowest BCUT2D eigenvalue weighted by molar-refractivity contribution is -0.138. The van der Waals surface area contributed by atoms with Gasteiger partial charge >= 0.3 is 12.2 Å². The predicted octanol–water partition coefficient (Wildman–Crippen LogP) is 8.22. The quantitative estimate of drug-likeness (QED) is 0.108. The van der Waals surface area contributed by atoms with Gasteiger partial charge < -0.3 is 39.7 Å². The van der Waals surface area contributed by atoms with E-state index < -0.39 is 24.3 Å². The number of carbonyl (C=O) groups excluding carboxylic acids is 3. The number of carbonyl (C=O) groups is 4. The standard InChI is InChI=1S/C46H54N8O7/c1-24(2)38(51-45(57)60-7)43(55)53-18-8-10-35(53)41-47-22-33(49-41)28-13-16-31-27(20-28)12-15-30-26(5)32-21-29(14-17-37(32)61-40(30)31)34-23-48-42(50-34)36-11-9-19-54(36)44(56)39(25(3)4)52(6)46(58)59/h12-17,20-26,35-36,38-39H,8-11,18-19H2,1-7H3,(H,47,49)(H,48,50)(H,51,57)(H,58,59)/t26?,35-,36-,38?,39?/m0/s1. The van der Waals surface area contributed by atoms with Crippen molar-refractivity contribution in [3.63, 3.8) is 0 Å². The van der Waals surface area contributed by atoms with E-state index in [4.69, 9.17) is 19.4 Å². The number of benzene rings is 3. The van der Waals surface area contributed by atoms with Gasteiger partial charge in [-0.15, -0.1) is 0 Å². The molecule has 8 rings (SSSR count). The van der Waals surface area contributed by atoms with E-state index in [2.05, 4.69) is 58.6 Å². The zero-order chi connectivity index (χ0) is 43.3. The molecule has 5 heterocycles. The van der Waals surface area contributed by atoms with Crippen molar-refractivity contribution >= 4 is 34.8 Å². The molecule has 320 valence electrons. The number of alkyl carbamates (subject to hydrolysis) is 1. The summed E-state index contributed by atoms with van der Waals surface area (Å²) in [6.45, 7) is 10.8. The number of nitrogens with one attached hydrogen (secondary N) is 3. The number of fused-ring (bicyclic) bond motifs is 4. The first kappa shape index (κ1) is 41.4. The number of hydrogen-bond acceptors (Lipinski definition) is 8. The Bertz CT molecular complexity index is 2490. The van der Waals surface area contributed by atoms with Gasteiger partial charge in [0.1, 0.15) is 35.2 Å². The van der Waals surface area contributed by atoms with E-state index in [1.165, 1.54) is 14.2 Å². The molecule has 0 radical (unpaired) electrons. The molecule has 0 saturated carbocycles. The predicted molar refractivity (Wildman–Crippen MR) is 229 cm³/mol. The molecule has 0 spiro atoms. The number of likely N-dealkylation sites (tertiary alicyclic amines) is 2. The van der Waals surface area contributed by atoms with Gasteiger partial charge in [-0.1, -0.05) is 52.8 Å². The average molecular weight is 831 g/mol. The van der Waals surface area contributed by atoms with Crippen LogP contribution in [0.25, 0.3) is 33.3 Å². The third kappa shape index (κ3) is 7.65. The maximum atomic E-state index is 13.7. The highest BCUT2D eigenvalue weighted by atomic mass is 16.5. The lowest BCUT2D eigenvalue weighted by atomic mass is 9.86. The molecule has 0 bridgehead atoms. The minimum atomic E-state index is -1.13. The van der Waals surface area contributed by atoms with E-state index >= 15 is 0 Å². The monoisotopic (exact) mass is 830 g/mol. The summed E-state index contributed by atoms with van der Waals surface area (Å²) in [5.74, 6) is 2.39. The molecule has 0 aliphatic carbocycles. The van der Waals surface area contributed by atoms with Gasteiger partial charge in [0.05, 0.1) is 43.0 Å². The third-order valence-electron chi connectivity index (χ3n) is 12.7. The number of imidazole rings is 2. The largest absolute Gasteiger partial charge is 0.465 e. The molecule has 61 heavy (non-hydrogen) atoms. The first-order chi connectivity index (χ1) is 29.2. The van der Waals surface area contributed by atoms with Crippen LogP contribution < -0.4 is 10.1 Å². The lowest BCUT2D eigenvalue weighted by Gasteiger charge is -2.33. The van der Waals surface area contributed by atoms with Gasteiger partial charge in [0.25, 0.3) is 0 Å². The van der Waals surface area contributed by atoms with Crippen LogP contribution in [0.2, 0.25) is 0 Å². The highest BCUT2D eigenvalue weighted by Crippen LogP contribution is 2.48. The summed E-state index contributed by atoms with van der Waals surface area (Å²) in [5, 5.41) is 14.4. The van der Waals surface area contributed by atoms with Gasteiger partial charge in [0.2, 0.25) is 11.8 Å². The molecule has 5 aromatic rings. The van der Waals surface area contributed by atoms with Gasteiger partial charge in [-0.2, -0.15) is 0 Å². The highest BCUT2D eigenvalue weighted by molar-refractivity contribution is 5.94. The van der Waals surface area contributed by atoms with Crippen LogP contribution in [0, 0.1) is 11.8 Å². The number of methoxy groups -OCH3 is 1. The minimum absolute atomic E-state index is 0.0395. The van der Waals surface area contributed by atoms with E-state index in [-0.39, 0.29) is 41.7 Å². The van der Waals surface area contributed by atoms with Crippen molar-refractivity contribution in [1.29, 1.82) is 0 Å². The number of hydrogen-bond donors (Lipinski definition) is 4. The van der Waals surface area contributed by atoms with E-state index in [0.717, 1.165) is 86.5 Å². The second-order valence-electron chi connectivity index (χ2n) is 17.2. The number of ether oxygens (including phenoxy) is 2. The van der Waals surface area contributed by atoms with Crippen LogP contribution in [0.15, 0.2) is 60.9 Å². The van der Waals surface area contributed by atoms with Crippen LogP contribution in [0.3, 0.4) is 0 Å². The van der Waals surface area contributed by atoms with Crippen molar-refractivity contribution < 1.29 is 33.8 Å². The average Bonchev–Trinajstić information content (AvgIpc) is 4.09. The molecule has 5 atom stereocenters. The Balaban J connectivity index is 0.993. The number of aromatic amines is 2. The van der Waals surface area contributed by atoms with Crippen molar-refractivity contribution in [3.8, 4) is 34.0 Å². The van der Waals surface area contributed by atoms with Crippen molar-refractivity contribution in [2.45, 2.75) is 90.4 Å². The molecule has 15 nitrogen and oxygen atoms in total. The first-order valence-electron chi connectivity index (χ1n) is 21.2. The number of carboxylic acid groups (broad SMARTS) is 1. The Morgan fingerprint density at radius 2 is 1.44 bits per heavy atom. The summed E-state index contributed by atoms with van der Waals surface area (Å²) in [4.78, 5) is 72.3. The minimum Gasteiger partial charge on any atom is -0.465 e. The number of nitrogens with zero attached hydrogens (tertiary/aromatic N) is 5. The van der Waals surface area contributed by atoms with Crippen LogP contribution in [0.4, 0.5) is 9.59 Å². The zero-order valence-corrected chi connectivity index (χ0v) is 35.7. The molecule has 4 amide bonds. The fourth-order valence-electron chi connectivity index (χ4n) is 9.37. The van der Waals surface area contributed by atoms with Gasteiger partial charge in [-0.05, 0) is 73.2 Å². The summed E-state index contributed by atoms with van der Waals surface area (Å²) in [7, 11) is 2.74. The van der Waals surface area contributed by atoms with Crippen LogP contribution in [-0.4, -0.2) is 103 Å². The number of likely N-dealkylation sites (N-methyl/N-ethyl adjacent to an activating group) is 1. The number of rotatable bonds is 10. The van der Waals surface area contributed by atoms with Crippen LogP contribution in [-0.2, 0) is 14.3 Å². The third-order valence-corrected chi connectivity index (χ3v) is 12.7. The van der Waals surface area contributed by atoms with E-state index in [1.807, 2.05) is 50.9 Å². The second-order valence-corrected chi connectivity index (χ2v) is 17.2. The van der Waals surface area contributed by atoms with Gasteiger partial charge in [-0.25, -0.2) is 19.6 Å². The fraction of sp³-hybridized carbons (Fsp3) is 0.435. The Kier molecular flexibility index (Phi) is 11.2. The molecule has 3 aliphatic rings. The maximum absolute atomic E-state index is 13.7. The van der Waals surface area contributed by atoms with Crippen LogP contribution in [0.5, 0.6) is 11.5 Å². The number of aromatic nitrogens is 4. The maximum Gasteiger partial charge on any atom is 0.407 e. The normalized spacial score (nSPS) is 19.4. The van der Waals surface area contributed by atoms with Crippen molar-refractivity contribution in [1.82, 2.24) is 40.0 Å². The lowest BCUT2D eigenvalue weighted by Crippen LogP contribution is -2.51. The molecular weight excluding hydrogens is 777 g/mol. The fourth-order valence-corrected chi connectivity index (χ4v) is 9.37. The highest BCUT2D eigenvalue weighted by Gasteiger charge is 2.40. The summed E-state index contributed by atoms with van der Waals surface area (Å²) < 4.78 is 11.4. The summed E-state index contributed by atoms with van der Waals surface area (Å²) in [5.41, 5.74) is 5.71. The van der Waals surface area contributed by atoms with Gasteiger partial charge in [0, 0.05) is 53.7 Å². The Hall–Kier alpha value is -6.38. The van der Waals surface area contributed by atoms with Gasteiger partial charge in [0.15, 0.2) is 0 Å². The molecule has 3 aliphatic heterocycles. The molecular formula is C46H54N8O7. The first-order valence-corrected chi connectivity index (χ1v) is 21.2. The van der Waals surface area contributed by atoms with Crippen LogP contribution in [0.1, 0.15) is 101 Å². The van der Waals surface area contributed by atoms with Crippen molar-refractivity contribution in [3.05, 3.63) is 83.7 Å². The van der Waals surface area contributed by atoms with Crippen LogP contribution >= 0.6 is 0 Å². The molecule has 2 aromatic heterocycles. The summed E-state index contributed by atoms with van der Waals surface area (Å²) in [6, 6.07) is 14.7. The Labute approximate surface area is 354 Å². The van der Waals surface area contributed by atoms with Crippen molar-refractivity contribution in [2.75, 3.05) is 27.2 Å². The SMILES string of the molecule is COC(=O)NC(C(=O)N1CCC[C@H]1c1ncc(-c2ccc3c4c(ccc3c2)C(C)c2cc(-c3cnc([C@@H]5CCCN5C(=O)C(C(C)C)N(C)C(=O)O)[nH]3)ccc2O4)[nH]1)C(C)C. The summed E-state index contributed by atoms with van der Waals surface area (Å²) >= 11 is 0. The van der Waals surface area contributed by atoms with Crippen molar-refractivity contribution in [2.24, 2.45) is 11.8 Å². The van der Waals surface area contributed by atoms with Gasteiger partial charge in [-0.3, -0.25) is 14.5 Å². The Morgan fingerprint density at radius 1 is 0.836 bits per heavy atom.